The van der Waals surface area contributed by atoms with Gasteiger partial charge >= 0.3 is 0 Å². The Morgan fingerprint density at radius 2 is 2.09 bits per heavy atom. The van der Waals surface area contributed by atoms with E-state index >= 15 is 0 Å². The van der Waals surface area contributed by atoms with Gasteiger partial charge in [-0.25, -0.2) is 0 Å². The van der Waals surface area contributed by atoms with E-state index < -0.39 is 0 Å². The fourth-order valence-electron chi connectivity index (χ4n) is 1.29. The minimum absolute atomic E-state index is 0.762. The summed E-state index contributed by atoms with van der Waals surface area (Å²) in [7, 11) is 2.02. The quantitative estimate of drug-likeness (QED) is 0.581. The zero-order valence-electron chi connectivity index (χ0n) is 7.39. The molecule has 0 radical (unpaired) electrons. The fourth-order valence-corrected chi connectivity index (χ4v) is 3.05. The molecule has 1 rings (SSSR count). The van der Waals surface area contributed by atoms with Gasteiger partial charge in [0.1, 0.15) is 0 Å². The third-order valence-corrected chi connectivity index (χ3v) is 4.40. The second kappa shape index (κ2) is 4.39. The van der Waals surface area contributed by atoms with Crippen LogP contribution in [0.25, 0.3) is 0 Å². The lowest BCUT2D eigenvalue weighted by molar-refractivity contribution is 0.748. The Morgan fingerprint density at radius 1 is 1.36 bits per heavy atom. The minimum atomic E-state index is 0.762. The van der Waals surface area contributed by atoms with Crippen molar-refractivity contribution in [2.75, 3.05) is 13.3 Å². The van der Waals surface area contributed by atoms with E-state index in [1.807, 2.05) is 0 Å². The van der Waals surface area contributed by atoms with Crippen LogP contribution in [0.5, 0.6) is 0 Å². The maximum atomic E-state index is 2.46. The molecule has 0 nitrogen and oxygen atoms in total. The highest BCUT2D eigenvalue weighted by Crippen LogP contribution is 2.34. The van der Waals surface area contributed by atoms with Crippen molar-refractivity contribution in [1.29, 1.82) is 0 Å². The van der Waals surface area contributed by atoms with Crippen LogP contribution in [0.15, 0.2) is 23.5 Å². The first kappa shape index (κ1) is 9.43. The van der Waals surface area contributed by atoms with Crippen LogP contribution in [-0.2, 0) is 0 Å². The van der Waals surface area contributed by atoms with Crippen LogP contribution in [0.1, 0.15) is 6.92 Å². The summed E-state index contributed by atoms with van der Waals surface area (Å²) < 4.78 is 0. The fraction of sp³-hybridized carbons (Fsp3) is 0.556. The number of hydrogen-bond donors (Lipinski definition) is 0. The van der Waals surface area contributed by atoms with Gasteiger partial charge in [0, 0.05) is 5.66 Å². The summed E-state index contributed by atoms with van der Waals surface area (Å²) >= 11 is 0. The standard InChI is InChI=1S/C9H16P2/c1-7-4-5-8(10-2)6-9(7)11-3/h4-7,9-11H,1-3H3. The molecule has 0 spiro atoms. The zero-order chi connectivity index (χ0) is 8.27. The lowest BCUT2D eigenvalue weighted by Crippen LogP contribution is -2.10. The molecule has 0 saturated heterocycles. The highest BCUT2D eigenvalue weighted by atomic mass is 31.1. The van der Waals surface area contributed by atoms with Gasteiger partial charge in [-0.1, -0.05) is 33.7 Å². The molecule has 4 unspecified atom stereocenters. The Labute approximate surface area is 73.1 Å². The van der Waals surface area contributed by atoms with Crippen molar-refractivity contribution in [2.45, 2.75) is 12.6 Å². The van der Waals surface area contributed by atoms with E-state index in [-0.39, 0.29) is 0 Å². The molecular weight excluding hydrogens is 170 g/mol. The highest BCUT2D eigenvalue weighted by molar-refractivity contribution is 7.42. The van der Waals surface area contributed by atoms with E-state index in [1.165, 1.54) is 0 Å². The van der Waals surface area contributed by atoms with Crippen LogP contribution in [0.3, 0.4) is 0 Å². The first-order chi connectivity index (χ1) is 5.27. The Balaban J connectivity index is 2.67. The van der Waals surface area contributed by atoms with Crippen molar-refractivity contribution in [1.82, 2.24) is 0 Å². The molecule has 0 fully saturated rings. The van der Waals surface area contributed by atoms with Crippen molar-refractivity contribution < 1.29 is 0 Å². The molecule has 0 aliphatic heterocycles. The van der Waals surface area contributed by atoms with E-state index in [0.717, 1.165) is 28.7 Å². The van der Waals surface area contributed by atoms with Gasteiger partial charge in [-0.15, -0.1) is 8.58 Å². The van der Waals surface area contributed by atoms with Gasteiger partial charge < -0.3 is 0 Å². The minimum Gasteiger partial charge on any atom is -0.118 e. The van der Waals surface area contributed by atoms with Gasteiger partial charge in [-0.2, -0.15) is 0 Å². The number of allylic oxidation sites excluding steroid dienone is 4. The lowest BCUT2D eigenvalue weighted by Gasteiger charge is -2.20. The van der Waals surface area contributed by atoms with E-state index in [1.54, 1.807) is 5.31 Å². The highest BCUT2D eigenvalue weighted by Gasteiger charge is 2.13. The van der Waals surface area contributed by atoms with E-state index in [9.17, 15) is 0 Å². The third kappa shape index (κ3) is 2.39. The molecule has 0 bridgehead atoms. The van der Waals surface area contributed by atoms with Crippen molar-refractivity contribution in [3.05, 3.63) is 23.5 Å². The third-order valence-electron chi connectivity index (χ3n) is 2.13. The predicted octanol–water partition coefficient (Wildman–Crippen LogP) is 3.06. The molecular formula is C9H16P2. The SMILES string of the molecule is CPC1=CC(PC)C(C)C=C1. The molecule has 1 aliphatic carbocycles. The van der Waals surface area contributed by atoms with Crippen LogP contribution in [-0.4, -0.2) is 19.0 Å². The summed E-state index contributed by atoms with van der Waals surface area (Å²) in [5, 5.41) is 1.54. The van der Waals surface area contributed by atoms with Crippen LogP contribution in [0.4, 0.5) is 0 Å². The van der Waals surface area contributed by atoms with Gasteiger partial charge in [0.15, 0.2) is 0 Å². The molecule has 0 aromatic heterocycles. The smallest absolute Gasteiger partial charge is 0.000968 e. The second-order valence-electron chi connectivity index (χ2n) is 2.90. The molecule has 2 heteroatoms. The normalized spacial score (nSPS) is 32.5. The maximum Gasteiger partial charge on any atom is 0.000968 e. The molecule has 62 valence electrons. The summed E-state index contributed by atoms with van der Waals surface area (Å²) in [6.45, 7) is 6.86. The maximum absolute atomic E-state index is 2.46. The lowest BCUT2D eigenvalue weighted by atomic mass is 10.0. The van der Waals surface area contributed by atoms with E-state index in [4.69, 9.17) is 0 Å². The van der Waals surface area contributed by atoms with Gasteiger partial charge in [0.05, 0.1) is 0 Å². The molecule has 0 aromatic rings. The number of hydrogen-bond acceptors (Lipinski definition) is 0. The summed E-state index contributed by atoms with van der Waals surface area (Å²) in [5.41, 5.74) is 0.822. The second-order valence-corrected chi connectivity index (χ2v) is 5.23. The van der Waals surface area contributed by atoms with Crippen LogP contribution in [0.2, 0.25) is 0 Å². The first-order valence-electron chi connectivity index (χ1n) is 4.03. The van der Waals surface area contributed by atoms with Crippen molar-refractivity contribution in [3.8, 4) is 0 Å². The molecule has 0 heterocycles. The molecule has 1 aliphatic rings. The molecule has 0 N–H and O–H groups in total. The Bertz CT molecular complexity index is 182. The average Bonchev–Trinajstić information content (AvgIpc) is 2.05. The zero-order valence-corrected chi connectivity index (χ0v) is 9.39. The van der Waals surface area contributed by atoms with E-state index in [2.05, 4.69) is 38.5 Å². The van der Waals surface area contributed by atoms with Gasteiger partial charge in [-0.3, -0.25) is 0 Å². The van der Waals surface area contributed by atoms with Crippen LogP contribution < -0.4 is 0 Å². The van der Waals surface area contributed by atoms with Gasteiger partial charge in [0.2, 0.25) is 0 Å². The Morgan fingerprint density at radius 3 is 2.64 bits per heavy atom. The molecule has 11 heavy (non-hydrogen) atoms. The van der Waals surface area contributed by atoms with Crippen LogP contribution in [0, 0.1) is 5.92 Å². The largest absolute Gasteiger partial charge is 0.118 e. The summed E-state index contributed by atoms with van der Waals surface area (Å²) in [6.07, 6.45) is 7.11. The number of rotatable bonds is 2. The van der Waals surface area contributed by atoms with Gasteiger partial charge in [0.25, 0.3) is 0 Å². The topological polar surface area (TPSA) is 0 Å². The summed E-state index contributed by atoms with van der Waals surface area (Å²) in [6, 6.07) is 0. The molecule has 0 amide bonds. The summed E-state index contributed by atoms with van der Waals surface area (Å²) in [5.74, 6) is 0.762. The van der Waals surface area contributed by atoms with Crippen molar-refractivity contribution in [3.63, 3.8) is 0 Å². The van der Waals surface area contributed by atoms with Crippen LogP contribution >= 0.6 is 17.2 Å². The molecule has 0 saturated carbocycles. The van der Waals surface area contributed by atoms with Crippen molar-refractivity contribution in [2.24, 2.45) is 5.92 Å². The van der Waals surface area contributed by atoms with Gasteiger partial charge in [-0.05, 0) is 24.6 Å². The predicted molar refractivity (Wildman–Crippen MR) is 58.7 cm³/mol. The monoisotopic (exact) mass is 186 g/mol. The Kier molecular flexibility index (Phi) is 3.76. The average molecular weight is 186 g/mol. The molecule has 4 atom stereocenters. The Hall–Kier alpha value is 0.340. The summed E-state index contributed by atoms with van der Waals surface area (Å²) in [4.78, 5) is 0. The van der Waals surface area contributed by atoms with E-state index in [0.29, 0.717) is 0 Å². The van der Waals surface area contributed by atoms with Crippen molar-refractivity contribution >= 4 is 17.2 Å². The first-order valence-corrected chi connectivity index (χ1v) is 7.10. The molecule has 0 aromatic carbocycles.